The van der Waals surface area contributed by atoms with Crippen molar-refractivity contribution >= 4 is 34.4 Å². The van der Waals surface area contributed by atoms with Crippen LogP contribution in [0.3, 0.4) is 0 Å². The number of hydrogen-bond acceptors (Lipinski definition) is 6. The molecule has 4 rings (SSSR count). The van der Waals surface area contributed by atoms with Crippen molar-refractivity contribution in [3.8, 4) is 0 Å². The van der Waals surface area contributed by atoms with Gasteiger partial charge in [-0.1, -0.05) is 42.5 Å². The van der Waals surface area contributed by atoms with E-state index >= 15 is 0 Å². The molecule has 0 aliphatic carbocycles. The maximum Gasteiger partial charge on any atom is 0.357 e. The predicted molar refractivity (Wildman–Crippen MR) is 117 cm³/mol. The van der Waals surface area contributed by atoms with Crippen LogP contribution in [0.15, 0.2) is 64.3 Å². The Morgan fingerprint density at radius 2 is 1.62 bits per heavy atom. The standard InChI is InChI=1S/C21H15N5O6/c27-20-19(26(31)32)16(22-21(28)23-20)10-9-13-11-24(18-8-4-2-6-15(13)18)12-14-5-1-3-7-17(14)25(29)30/h1-11H,12H2,(H2,22,23,27,28)/b10-9+. The quantitative estimate of drug-likeness (QED) is 0.351. The van der Waals surface area contributed by atoms with Crippen molar-refractivity contribution in [2.24, 2.45) is 0 Å². The molecule has 2 aromatic carbocycles. The van der Waals surface area contributed by atoms with E-state index in [2.05, 4.69) is 4.98 Å². The summed E-state index contributed by atoms with van der Waals surface area (Å²) in [4.78, 5) is 48.8. The second-order valence-electron chi connectivity index (χ2n) is 6.88. The van der Waals surface area contributed by atoms with E-state index in [9.17, 15) is 29.8 Å². The van der Waals surface area contributed by atoms with Gasteiger partial charge in [0, 0.05) is 34.3 Å². The van der Waals surface area contributed by atoms with Gasteiger partial charge in [-0.15, -0.1) is 0 Å². The number of fused-ring (bicyclic) bond motifs is 1. The number of nitrogens with one attached hydrogen (secondary N) is 2. The second-order valence-corrected chi connectivity index (χ2v) is 6.88. The van der Waals surface area contributed by atoms with Crippen LogP contribution in [0.2, 0.25) is 0 Å². The summed E-state index contributed by atoms with van der Waals surface area (Å²) >= 11 is 0. The average Bonchev–Trinajstić information content (AvgIpc) is 3.09. The zero-order chi connectivity index (χ0) is 22.8. The summed E-state index contributed by atoms with van der Waals surface area (Å²) in [6, 6.07) is 13.7. The third kappa shape index (κ3) is 3.81. The summed E-state index contributed by atoms with van der Waals surface area (Å²) in [5.74, 6) is 0. The van der Waals surface area contributed by atoms with E-state index in [0.717, 1.165) is 10.9 Å². The van der Waals surface area contributed by atoms with E-state index in [4.69, 9.17) is 0 Å². The van der Waals surface area contributed by atoms with Gasteiger partial charge in [0.05, 0.1) is 16.4 Å². The number of nitro groups is 2. The fourth-order valence-electron chi connectivity index (χ4n) is 3.52. The van der Waals surface area contributed by atoms with E-state index in [-0.39, 0.29) is 17.9 Å². The number of nitrogens with zero attached hydrogens (tertiary/aromatic N) is 3. The molecule has 2 N–H and O–H groups in total. The highest BCUT2D eigenvalue weighted by molar-refractivity contribution is 5.92. The van der Waals surface area contributed by atoms with Crippen LogP contribution in [0.5, 0.6) is 0 Å². The first-order chi connectivity index (χ1) is 15.3. The molecule has 0 aliphatic rings. The molecule has 0 atom stereocenters. The number of rotatable bonds is 6. The zero-order valence-corrected chi connectivity index (χ0v) is 16.3. The molecule has 0 saturated carbocycles. The van der Waals surface area contributed by atoms with Crippen molar-refractivity contribution < 1.29 is 9.85 Å². The van der Waals surface area contributed by atoms with Crippen molar-refractivity contribution in [1.82, 2.24) is 14.5 Å². The Labute approximate surface area is 178 Å². The molecule has 0 unspecified atom stereocenters. The Morgan fingerprint density at radius 1 is 0.906 bits per heavy atom. The molecule has 0 spiro atoms. The topological polar surface area (TPSA) is 157 Å². The van der Waals surface area contributed by atoms with Gasteiger partial charge in [-0.05, 0) is 12.1 Å². The number of aromatic amines is 2. The summed E-state index contributed by atoms with van der Waals surface area (Å²) in [5, 5.41) is 23.4. The zero-order valence-electron chi connectivity index (χ0n) is 16.3. The summed E-state index contributed by atoms with van der Waals surface area (Å²) in [5.41, 5.74) is -1.02. The number of benzene rings is 2. The molecule has 0 saturated heterocycles. The highest BCUT2D eigenvalue weighted by atomic mass is 16.6. The van der Waals surface area contributed by atoms with Gasteiger partial charge in [-0.3, -0.25) is 30.0 Å². The lowest BCUT2D eigenvalue weighted by Crippen LogP contribution is -2.25. The van der Waals surface area contributed by atoms with Crippen molar-refractivity contribution in [2.45, 2.75) is 6.54 Å². The Bertz CT molecular complexity index is 1510. The van der Waals surface area contributed by atoms with Crippen LogP contribution in [0.25, 0.3) is 23.1 Å². The highest BCUT2D eigenvalue weighted by Crippen LogP contribution is 2.27. The van der Waals surface area contributed by atoms with E-state index in [0.29, 0.717) is 11.1 Å². The number of hydrogen-bond donors (Lipinski definition) is 2. The van der Waals surface area contributed by atoms with Crippen molar-refractivity contribution in [3.63, 3.8) is 0 Å². The smallest absolute Gasteiger partial charge is 0.342 e. The molecule has 11 nitrogen and oxygen atoms in total. The molecule has 0 fully saturated rings. The molecule has 0 bridgehead atoms. The third-order valence-corrected chi connectivity index (χ3v) is 4.91. The maximum absolute atomic E-state index is 11.8. The van der Waals surface area contributed by atoms with Gasteiger partial charge in [-0.25, -0.2) is 4.79 Å². The normalized spacial score (nSPS) is 11.2. The summed E-state index contributed by atoms with van der Waals surface area (Å²) in [7, 11) is 0. The lowest BCUT2D eigenvalue weighted by molar-refractivity contribution is -0.386. The first-order valence-electron chi connectivity index (χ1n) is 9.34. The van der Waals surface area contributed by atoms with E-state index < -0.39 is 26.8 Å². The van der Waals surface area contributed by atoms with Crippen LogP contribution in [-0.2, 0) is 6.54 Å². The Balaban J connectivity index is 1.80. The molecule has 11 heteroatoms. The summed E-state index contributed by atoms with van der Waals surface area (Å²) in [6.07, 6.45) is 4.57. The fraction of sp³-hybridized carbons (Fsp3) is 0.0476. The number of H-pyrrole nitrogens is 2. The molecule has 160 valence electrons. The molecule has 0 radical (unpaired) electrons. The largest absolute Gasteiger partial charge is 0.357 e. The first-order valence-corrected chi connectivity index (χ1v) is 9.34. The number of aromatic nitrogens is 3. The average molecular weight is 433 g/mol. The Hall–Kier alpha value is -4.80. The predicted octanol–water partition coefficient (Wildman–Crippen LogP) is 3.05. The molecular weight excluding hydrogens is 418 g/mol. The van der Waals surface area contributed by atoms with Gasteiger partial charge in [-0.2, -0.15) is 0 Å². The van der Waals surface area contributed by atoms with Gasteiger partial charge >= 0.3 is 16.9 Å². The van der Waals surface area contributed by atoms with Crippen LogP contribution in [0.4, 0.5) is 11.4 Å². The van der Waals surface area contributed by atoms with Gasteiger partial charge in [0.25, 0.3) is 5.69 Å². The van der Waals surface area contributed by atoms with Crippen molar-refractivity contribution in [1.29, 1.82) is 0 Å². The first kappa shape index (κ1) is 20.5. The molecular formula is C21H15N5O6. The molecule has 2 aromatic heterocycles. The monoisotopic (exact) mass is 433 g/mol. The highest BCUT2D eigenvalue weighted by Gasteiger charge is 2.19. The van der Waals surface area contributed by atoms with E-state index in [1.54, 1.807) is 24.4 Å². The molecule has 0 aliphatic heterocycles. The Morgan fingerprint density at radius 3 is 2.38 bits per heavy atom. The fourth-order valence-corrected chi connectivity index (χ4v) is 3.52. The molecule has 32 heavy (non-hydrogen) atoms. The Kier molecular flexibility index (Phi) is 5.21. The van der Waals surface area contributed by atoms with Crippen molar-refractivity contribution in [3.05, 3.63) is 113 Å². The number of nitro benzene ring substituents is 1. The van der Waals surface area contributed by atoms with E-state index in [1.807, 2.05) is 33.8 Å². The second kappa shape index (κ2) is 8.14. The van der Waals surface area contributed by atoms with Gasteiger partial charge < -0.3 is 9.55 Å². The van der Waals surface area contributed by atoms with E-state index in [1.165, 1.54) is 18.2 Å². The lowest BCUT2D eigenvalue weighted by Gasteiger charge is -2.06. The van der Waals surface area contributed by atoms with Crippen LogP contribution < -0.4 is 11.2 Å². The minimum absolute atomic E-state index is 0.000848. The van der Waals surface area contributed by atoms with Crippen LogP contribution >= 0.6 is 0 Å². The van der Waals surface area contributed by atoms with Crippen LogP contribution in [0.1, 0.15) is 16.8 Å². The third-order valence-electron chi connectivity index (χ3n) is 4.91. The molecule has 4 aromatic rings. The molecule has 0 amide bonds. The van der Waals surface area contributed by atoms with Crippen LogP contribution in [-0.4, -0.2) is 24.4 Å². The molecule has 2 heterocycles. The van der Waals surface area contributed by atoms with Gasteiger partial charge in [0.2, 0.25) is 0 Å². The minimum atomic E-state index is -1.10. The van der Waals surface area contributed by atoms with Gasteiger partial charge in [0.1, 0.15) is 5.69 Å². The summed E-state index contributed by atoms with van der Waals surface area (Å²) in [6.45, 7) is 0.230. The SMILES string of the molecule is O=c1[nH]c(/C=C/c2cn(Cc3ccccc3[N+](=O)[O-])c3ccccc23)c([N+](=O)[O-])c(=O)[nH]1. The minimum Gasteiger partial charge on any atom is -0.342 e. The number of para-hydroxylation sites is 2. The summed E-state index contributed by atoms with van der Waals surface area (Å²) < 4.78 is 1.83. The van der Waals surface area contributed by atoms with Gasteiger partial charge in [0.15, 0.2) is 0 Å². The van der Waals surface area contributed by atoms with Crippen LogP contribution in [0, 0.1) is 20.2 Å². The van der Waals surface area contributed by atoms with Crippen molar-refractivity contribution in [2.75, 3.05) is 0 Å². The lowest BCUT2D eigenvalue weighted by atomic mass is 10.1. The maximum atomic E-state index is 11.8.